The van der Waals surface area contributed by atoms with Crippen LogP contribution in [0.5, 0.6) is 5.75 Å². The first-order chi connectivity index (χ1) is 17.4. The quantitative estimate of drug-likeness (QED) is 0.454. The average Bonchev–Trinajstić information content (AvgIpc) is 3.31. The summed E-state index contributed by atoms with van der Waals surface area (Å²) in [6.45, 7) is 1.69. The highest BCUT2D eigenvalue weighted by atomic mass is 16.5. The van der Waals surface area contributed by atoms with Crippen LogP contribution in [-0.4, -0.2) is 61.0 Å². The molecule has 36 heavy (non-hydrogen) atoms. The van der Waals surface area contributed by atoms with E-state index in [0.717, 1.165) is 10.1 Å². The summed E-state index contributed by atoms with van der Waals surface area (Å²) in [7, 11) is 3.01. The smallest absolute Gasteiger partial charge is 0.407 e. The van der Waals surface area contributed by atoms with E-state index in [9.17, 15) is 19.5 Å². The number of imidazole rings is 1. The van der Waals surface area contributed by atoms with Gasteiger partial charge in [-0.2, -0.15) is 4.98 Å². The highest BCUT2D eigenvalue weighted by Gasteiger charge is 2.28. The zero-order valence-corrected chi connectivity index (χ0v) is 20.0. The molecule has 1 N–H and O–H groups in total. The van der Waals surface area contributed by atoms with Crippen LogP contribution in [0.2, 0.25) is 0 Å². The molecule has 0 bridgehead atoms. The number of carboxylic acid groups (broad SMARTS) is 1. The minimum atomic E-state index is -0.973. The molecule has 2 aromatic heterocycles. The SMILES string of the molecule is Cn1c(=O)c2c(nc(N3CCN(C(=O)O)CC3)n2-c2ccccc2OCc2ccccc2)n(C)c1=O. The number of hydrogen-bond donors (Lipinski definition) is 1. The molecule has 1 saturated heterocycles. The van der Waals surface area contributed by atoms with Crippen molar-refractivity contribution in [3.05, 3.63) is 81.0 Å². The topological polar surface area (TPSA) is 115 Å². The fraction of sp³-hybridized carbons (Fsp3) is 0.280. The Bertz CT molecular complexity index is 1550. The number of benzene rings is 2. The van der Waals surface area contributed by atoms with Gasteiger partial charge in [-0.15, -0.1) is 0 Å². The van der Waals surface area contributed by atoms with Gasteiger partial charge in [-0.1, -0.05) is 42.5 Å². The molecule has 0 radical (unpaired) electrons. The van der Waals surface area contributed by atoms with E-state index in [-0.39, 0.29) is 11.2 Å². The van der Waals surface area contributed by atoms with Crippen molar-refractivity contribution < 1.29 is 14.6 Å². The first kappa shape index (κ1) is 23.2. The van der Waals surface area contributed by atoms with Crippen molar-refractivity contribution in [2.75, 3.05) is 31.1 Å². The lowest BCUT2D eigenvalue weighted by Gasteiger charge is -2.34. The van der Waals surface area contributed by atoms with E-state index in [2.05, 4.69) is 0 Å². The minimum absolute atomic E-state index is 0.242. The number of amides is 1. The predicted molar refractivity (Wildman–Crippen MR) is 134 cm³/mol. The maximum absolute atomic E-state index is 13.4. The van der Waals surface area contributed by atoms with Crippen molar-refractivity contribution >= 4 is 23.2 Å². The Morgan fingerprint density at radius 3 is 2.31 bits per heavy atom. The second-order valence-electron chi connectivity index (χ2n) is 8.62. The van der Waals surface area contributed by atoms with Gasteiger partial charge in [-0.05, 0) is 17.7 Å². The third-order valence-electron chi connectivity index (χ3n) is 6.42. The number of aromatic nitrogens is 4. The molecule has 0 unspecified atom stereocenters. The van der Waals surface area contributed by atoms with Gasteiger partial charge in [0.1, 0.15) is 12.4 Å². The number of carbonyl (C=O) groups is 1. The number of rotatable bonds is 5. The van der Waals surface area contributed by atoms with Gasteiger partial charge in [0.2, 0.25) is 5.95 Å². The summed E-state index contributed by atoms with van der Waals surface area (Å²) in [6, 6.07) is 17.1. The maximum atomic E-state index is 13.4. The predicted octanol–water partition coefficient (Wildman–Crippen LogP) is 1.80. The minimum Gasteiger partial charge on any atom is -0.487 e. The van der Waals surface area contributed by atoms with E-state index in [1.807, 2.05) is 59.5 Å². The van der Waals surface area contributed by atoms with E-state index in [1.165, 1.54) is 16.5 Å². The molecule has 1 fully saturated rings. The summed E-state index contributed by atoms with van der Waals surface area (Å²) in [5.41, 5.74) is 1.12. The molecule has 1 amide bonds. The average molecular weight is 491 g/mol. The maximum Gasteiger partial charge on any atom is 0.407 e. The zero-order valence-electron chi connectivity index (χ0n) is 20.0. The molecule has 2 aromatic carbocycles. The van der Waals surface area contributed by atoms with Gasteiger partial charge in [-0.3, -0.25) is 18.5 Å². The number of anilines is 1. The Labute approximate surface area is 206 Å². The lowest BCUT2D eigenvalue weighted by molar-refractivity contribution is 0.142. The summed E-state index contributed by atoms with van der Waals surface area (Å²) in [5, 5.41) is 9.35. The first-order valence-electron chi connectivity index (χ1n) is 11.5. The van der Waals surface area contributed by atoms with Gasteiger partial charge in [0.15, 0.2) is 11.2 Å². The molecule has 11 heteroatoms. The van der Waals surface area contributed by atoms with Crippen LogP contribution >= 0.6 is 0 Å². The van der Waals surface area contributed by atoms with Crippen molar-refractivity contribution in [2.45, 2.75) is 6.61 Å². The van der Waals surface area contributed by atoms with Crippen LogP contribution in [0.3, 0.4) is 0 Å². The largest absolute Gasteiger partial charge is 0.487 e. The lowest BCUT2D eigenvalue weighted by Crippen LogP contribution is -2.49. The second kappa shape index (κ2) is 9.25. The number of ether oxygens (including phenoxy) is 1. The highest BCUT2D eigenvalue weighted by Crippen LogP contribution is 2.31. The molecule has 0 aliphatic carbocycles. The van der Waals surface area contributed by atoms with Crippen LogP contribution in [0, 0.1) is 0 Å². The van der Waals surface area contributed by atoms with Gasteiger partial charge >= 0.3 is 11.8 Å². The van der Waals surface area contributed by atoms with E-state index in [1.54, 1.807) is 11.6 Å². The highest BCUT2D eigenvalue weighted by molar-refractivity contribution is 5.79. The molecule has 4 aromatic rings. The zero-order chi connectivity index (χ0) is 25.4. The van der Waals surface area contributed by atoms with Crippen LogP contribution in [0.25, 0.3) is 16.9 Å². The monoisotopic (exact) mass is 490 g/mol. The van der Waals surface area contributed by atoms with Gasteiger partial charge in [-0.25, -0.2) is 9.59 Å². The fourth-order valence-electron chi connectivity index (χ4n) is 4.42. The van der Waals surface area contributed by atoms with Crippen molar-refractivity contribution in [3.8, 4) is 11.4 Å². The van der Waals surface area contributed by atoms with Gasteiger partial charge in [0.25, 0.3) is 5.56 Å². The van der Waals surface area contributed by atoms with Crippen molar-refractivity contribution in [2.24, 2.45) is 14.1 Å². The third-order valence-corrected chi connectivity index (χ3v) is 6.42. The summed E-state index contributed by atoms with van der Waals surface area (Å²) >= 11 is 0. The first-order valence-corrected chi connectivity index (χ1v) is 11.5. The van der Waals surface area contributed by atoms with Gasteiger partial charge in [0, 0.05) is 40.3 Å². The lowest BCUT2D eigenvalue weighted by atomic mass is 10.2. The summed E-state index contributed by atoms with van der Waals surface area (Å²) in [6.07, 6.45) is -0.973. The van der Waals surface area contributed by atoms with Gasteiger partial charge in [0.05, 0.1) is 5.69 Å². The fourth-order valence-corrected chi connectivity index (χ4v) is 4.42. The van der Waals surface area contributed by atoms with Crippen LogP contribution in [0.4, 0.5) is 10.7 Å². The Morgan fingerprint density at radius 1 is 0.944 bits per heavy atom. The molecule has 0 saturated carbocycles. The van der Waals surface area contributed by atoms with E-state index < -0.39 is 17.3 Å². The summed E-state index contributed by atoms with van der Waals surface area (Å²) in [4.78, 5) is 45.4. The Morgan fingerprint density at radius 2 is 1.61 bits per heavy atom. The molecule has 1 aliphatic rings. The van der Waals surface area contributed by atoms with E-state index in [4.69, 9.17) is 9.72 Å². The molecule has 5 rings (SSSR count). The van der Waals surface area contributed by atoms with Gasteiger partial charge < -0.3 is 19.6 Å². The molecular weight excluding hydrogens is 464 g/mol. The van der Waals surface area contributed by atoms with Crippen LogP contribution in [0.1, 0.15) is 5.56 Å². The Kier molecular flexibility index (Phi) is 5.96. The molecule has 1 aliphatic heterocycles. The molecular formula is C25H26N6O5. The van der Waals surface area contributed by atoms with Crippen LogP contribution in [-0.2, 0) is 20.7 Å². The number of piperazine rings is 1. The normalized spacial score (nSPS) is 13.8. The van der Waals surface area contributed by atoms with E-state index >= 15 is 0 Å². The summed E-state index contributed by atoms with van der Waals surface area (Å²) < 4.78 is 10.3. The van der Waals surface area contributed by atoms with Crippen molar-refractivity contribution in [1.29, 1.82) is 0 Å². The number of para-hydroxylation sites is 2. The molecule has 0 spiro atoms. The number of hydrogen-bond acceptors (Lipinski definition) is 6. The number of fused-ring (bicyclic) bond motifs is 1. The molecule has 0 atom stereocenters. The van der Waals surface area contributed by atoms with E-state index in [0.29, 0.717) is 50.2 Å². The summed E-state index contributed by atoms with van der Waals surface area (Å²) in [5.74, 6) is 0.992. The molecule has 11 nitrogen and oxygen atoms in total. The Balaban J connectivity index is 1.67. The molecule has 3 heterocycles. The number of aryl methyl sites for hydroxylation is 1. The standard InChI is InChI=1S/C25H26N6O5/c1-27-21-20(22(32)28(2)24(27)33)31(23(26-21)29-12-14-30(15-13-29)25(34)35)18-10-6-7-11-19(18)36-16-17-8-4-3-5-9-17/h3-11H,12-16H2,1-2H3,(H,34,35). The molecule has 186 valence electrons. The van der Waals surface area contributed by atoms with Crippen LogP contribution < -0.4 is 20.9 Å². The van der Waals surface area contributed by atoms with Crippen LogP contribution in [0.15, 0.2) is 64.2 Å². The van der Waals surface area contributed by atoms with Crippen molar-refractivity contribution in [3.63, 3.8) is 0 Å². The van der Waals surface area contributed by atoms with Crippen molar-refractivity contribution in [1.82, 2.24) is 23.6 Å². The number of nitrogens with zero attached hydrogens (tertiary/aromatic N) is 6. The third kappa shape index (κ3) is 3.98. The second-order valence-corrected chi connectivity index (χ2v) is 8.62. The Hall–Kier alpha value is -4.54.